The average Bonchev–Trinajstić information content (AvgIpc) is 3.06. The molecule has 1 aromatic carbocycles. The zero-order chi connectivity index (χ0) is 20.9. The van der Waals surface area contributed by atoms with Gasteiger partial charge < -0.3 is 15.0 Å². The van der Waals surface area contributed by atoms with Crippen LogP contribution in [0.2, 0.25) is 4.34 Å². The van der Waals surface area contributed by atoms with Crippen molar-refractivity contribution in [1.29, 1.82) is 0 Å². The van der Waals surface area contributed by atoms with E-state index in [9.17, 15) is 9.59 Å². The molecule has 5 rings (SSSR count). The van der Waals surface area contributed by atoms with Gasteiger partial charge in [0.25, 0.3) is 5.91 Å². The summed E-state index contributed by atoms with van der Waals surface area (Å²) in [4.78, 5) is 29.8. The van der Waals surface area contributed by atoms with Crippen LogP contribution < -0.4 is 10.2 Å². The predicted molar refractivity (Wildman–Crippen MR) is 118 cm³/mol. The predicted octanol–water partition coefficient (Wildman–Crippen LogP) is 3.89. The first-order chi connectivity index (χ1) is 14.5. The Morgan fingerprint density at radius 2 is 2.03 bits per heavy atom. The summed E-state index contributed by atoms with van der Waals surface area (Å²) in [5, 5.41) is 3.10. The Morgan fingerprint density at radius 3 is 2.67 bits per heavy atom. The summed E-state index contributed by atoms with van der Waals surface area (Å²) in [5.74, 6) is -0.123. The first kappa shape index (κ1) is 19.8. The lowest BCUT2D eigenvalue weighted by atomic mass is 9.96. The van der Waals surface area contributed by atoms with Gasteiger partial charge in [-0.1, -0.05) is 23.7 Å². The average molecular weight is 446 g/mol. The molecule has 6 nitrogen and oxygen atoms in total. The number of benzene rings is 1. The van der Waals surface area contributed by atoms with Crippen LogP contribution in [0.4, 0.5) is 10.5 Å². The lowest BCUT2D eigenvalue weighted by Crippen LogP contribution is -2.44. The van der Waals surface area contributed by atoms with Crippen molar-refractivity contribution in [2.75, 3.05) is 31.7 Å². The Morgan fingerprint density at radius 1 is 1.27 bits per heavy atom. The van der Waals surface area contributed by atoms with E-state index >= 15 is 0 Å². The minimum atomic E-state index is -0.123. The SMILES string of the molecule is COCC1(c2ccc(N3C[C@@H]4[C@H](NC(=O)c5ccc(Cl)s5)CCN4C3=O)cc2)CC1. The molecule has 30 heavy (non-hydrogen) atoms. The van der Waals surface area contributed by atoms with Gasteiger partial charge in [-0.15, -0.1) is 11.3 Å². The smallest absolute Gasteiger partial charge is 0.324 e. The van der Waals surface area contributed by atoms with E-state index in [4.69, 9.17) is 16.3 Å². The number of amides is 3. The molecule has 1 saturated carbocycles. The van der Waals surface area contributed by atoms with Gasteiger partial charge in [0.15, 0.2) is 0 Å². The normalized spacial score (nSPS) is 24.3. The van der Waals surface area contributed by atoms with Crippen molar-refractivity contribution < 1.29 is 14.3 Å². The van der Waals surface area contributed by atoms with E-state index < -0.39 is 0 Å². The third-order valence-corrected chi connectivity index (χ3v) is 7.80. The molecule has 0 spiro atoms. The van der Waals surface area contributed by atoms with Crippen LogP contribution in [-0.2, 0) is 10.2 Å². The second-order valence-electron chi connectivity index (χ2n) is 8.39. The second kappa shape index (κ2) is 7.55. The van der Waals surface area contributed by atoms with Gasteiger partial charge in [-0.25, -0.2) is 4.79 Å². The van der Waals surface area contributed by atoms with Crippen LogP contribution in [0.1, 0.15) is 34.5 Å². The molecule has 1 aliphatic carbocycles. The zero-order valence-electron chi connectivity index (χ0n) is 16.8. The van der Waals surface area contributed by atoms with Crippen molar-refractivity contribution in [2.45, 2.75) is 36.8 Å². The Hall–Kier alpha value is -2.09. The fourth-order valence-corrected chi connectivity index (χ4v) is 5.68. The minimum absolute atomic E-state index is 0.0140. The molecule has 2 aliphatic heterocycles. The number of anilines is 1. The number of rotatable bonds is 6. The van der Waals surface area contributed by atoms with Gasteiger partial charge in [-0.05, 0) is 49.1 Å². The van der Waals surface area contributed by atoms with E-state index in [1.807, 2.05) is 21.9 Å². The first-order valence-electron chi connectivity index (χ1n) is 10.2. The van der Waals surface area contributed by atoms with Crippen molar-refractivity contribution in [1.82, 2.24) is 10.2 Å². The van der Waals surface area contributed by atoms with E-state index in [-0.39, 0.29) is 29.4 Å². The molecule has 8 heteroatoms. The minimum Gasteiger partial charge on any atom is -0.384 e. The number of nitrogens with one attached hydrogen (secondary N) is 1. The number of urea groups is 1. The van der Waals surface area contributed by atoms with E-state index in [1.165, 1.54) is 16.9 Å². The standard InChI is InChI=1S/C22H24ClN3O3S/c1-29-13-22(9-10-22)14-2-4-15(5-3-14)26-12-17-16(8-11-25(17)21(26)28)24-20(27)18-6-7-19(23)30-18/h2-7,16-17H,8-13H2,1H3,(H,24,27)/t16-,17-/m1/s1. The van der Waals surface area contributed by atoms with Gasteiger partial charge in [-0.3, -0.25) is 9.69 Å². The number of ether oxygens (including phenoxy) is 1. The van der Waals surface area contributed by atoms with Crippen molar-refractivity contribution >= 4 is 40.6 Å². The van der Waals surface area contributed by atoms with Gasteiger partial charge in [-0.2, -0.15) is 0 Å². The Kier molecular flexibility index (Phi) is 5.00. The van der Waals surface area contributed by atoms with E-state index in [0.717, 1.165) is 31.6 Å². The molecule has 3 fully saturated rings. The number of halogens is 1. The number of fused-ring (bicyclic) bond motifs is 1. The molecule has 3 heterocycles. The molecular formula is C22H24ClN3O3S. The number of carbonyl (C=O) groups excluding carboxylic acids is 2. The highest BCUT2D eigenvalue weighted by Crippen LogP contribution is 2.48. The molecule has 2 saturated heterocycles. The molecule has 1 N–H and O–H groups in total. The van der Waals surface area contributed by atoms with Crippen LogP contribution in [0.25, 0.3) is 0 Å². The topological polar surface area (TPSA) is 61.9 Å². The molecule has 0 unspecified atom stereocenters. The molecule has 2 aromatic rings. The Labute approximate surface area is 184 Å². The van der Waals surface area contributed by atoms with Crippen molar-refractivity contribution in [2.24, 2.45) is 0 Å². The van der Waals surface area contributed by atoms with Crippen molar-refractivity contribution in [3.8, 4) is 0 Å². The summed E-state index contributed by atoms with van der Waals surface area (Å²) >= 11 is 7.22. The van der Waals surface area contributed by atoms with Crippen molar-refractivity contribution in [3.05, 3.63) is 51.2 Å². The monoisotopic (exact) mass is 445 g/mol. The molecule has 3 amide bonds. The molecular weight excluding hydrogens is 422 g/mol. The van der Waals surface area contributed by atoms with Gasteiger partial charge in [0, 0.05) is 24.8 Å². The maximum Gasteiger partial charge on any atom is 0.324 e. The third-order valence-electron chi connectivity index (χ3n) is 6.57. The summed E-state index contributed by atoms with van der Waals surface area (Å²) in [6, 6.07) is 11.7. The van der Waals surface area contributed by atoms with Gasteiger partial charge >= 0.3 is 6.03 Å². The Bertz CT molecular complexity index is 972. The fourth-order valence-electron chi connectivity index (χ4n) is 4.74. The lowest BCUT2D eigenvalue weighted by molar-refractivity contribution is 0.0935. The number of hydrogen-bond donors (Lipinski definition) is 1. The highest BCUT2D eigenvalue weighted by Gasteiger charge is 2.47. The number of methoxy groups -OCH3 is 1. The quantitative estimate of drug-likeness (QED) is 0.733. The maximum absolute atomic E-state index is 13.0. The summed E-state index contributed by atoms with van der Waals surface area (Å²) in [7, 11) is 1.74. The van der Waals surface area contributed by atoms with Crippen molar-refractivity contribution in [3.63, 3.8) is 0 Å². The van der Waals surface area contributed by atoms with Crippen LogP contribution in [0.15, 0.2) is 36.4 Å². The van der Waals surface area contributed by atoms with Gasteiger partial charge in [0.05, 0.1) is 34.4 Å². The van der Waals surface area contributed by atoms with Crippen LogP contribution >= 0.6 is 22.9 Å². The zero-order valence-corrected chi connectivity index (χ0v) is 18.3. The number of hydrogen-bond acceptors (Lipinski definition) is 4. The largest absolute Gasteiger partial charge is 0.384 e. The van der Waals surface area contributed by atoms with Crippen LogP contribution in [-0.4, -0.2) is 55.7 Å². The molecule has 2 atom stereocenters. The highest BCUT2D eigenvalue weighted by atomic mass is 35.5. The summed E-state index contributed by atoms with van der Waals surface area (Å²) in [6.07, 6.45) is 3.07. The highest BCUT2D eigenvalue weighted by molar-refractivity contribution is 7.18. The van der Waals surface area contributed by atoms with E-state index in [0.29, 0.717) is 22.3 Å². The van der Waals surface area contributed by atoms with Crippen LogP contribution in [0, 0.1) is 0 Å². The second-order valence-corrected chi connectivity index (χ2v) is 10.1. The van der Waals surface area contributed by atoms with Crippen LogP contribution in [0.3, 0.4) is 0 Å². The van der Waals surface area contributed by atoms with E-state index in [1.54, 1.807) is 19.2 Å². The molecule has 3 aliphatic rings. The molecule has 0 bridgehead atoms. The third kappa shape index (κ3) is 3.39. The Balaban J connectivity index is 1.28. The lowest BCUT2D eigenvalue weighted by Gasteiger charge is -2.21. The maximum atomic E-state index is 13.0. The summed E-state index contributed by atoms with van der Waals surface area (Å²) in [6.45, 7) is 1.98. The summed E-state index contributed by atoms with van der Waals surface area (Å²) < 4.78 is 5.98. The first-order valence-corrected chi connectivity index (χ1v) is 11.4. The van der Waals surface area contributed by atoms with E-state index in [2.05, 4.69) is 17.4 Å². The number of carbonyl (C=O) groups is 2. The molecule has 0 radical (unpaired) electrons. The van der Waals surface area contributed by atoms with Crippen LogP contribution in [0.5, 0.6) is 0 Å². The molecule has 158 valence electrons. The fraction of sp³-hybridized carbons (Fsp3) is 0.455. The number of nitrogens with zero attached hydrogens (tertiary/aromatic N) is 2. The number of thiophene rings is 1. The van der Waals surface area contributed by atoms with Gasteiger partial charge in [0.1, 0.15) is 0 Å². The molecule has 1 aromatic heterocycles. The summed E-state index contributed by atoms with van der Waals surface area (Å²) in [5.41, 5.74) is 2.34. The van der Waals surface area contributed by atoms with Gasteiger partial charge in [0.2, 0.25) is 0 Å².